The van der Waals surface area contributed by atoms with Crippen LogP contribution in [0, 0.1) is 5.41 Å². The smallest absolute Gasteiger partial charge is 0.404 e. The molecule has 1 aromatic carbocycles. The summed E-state index contributed by atoms with van der Waals surface area (Å²) < 4.78 is 40.1. The van der Waals surface area contributed by atoms with Gasteiger partial charge in [0.2, 0.25) is 5.96 Å². The summed E-state index contributed by atoms with van der Waals surface area (Å²) in [6.45, 7) is 1.58. The van der Waals surface area contributed by atoms with E-state index in [-0.39, 0.29) is 16.9 Å². The fourth-order valence-electron chi connectivity index (χ4n) is 1.68. The Kier molecular flexibility index (Phi) is 4.65. The minimum atomic E-state index is -4.82. The van der Waals surface area contributed by atoms with Crippen LogP contribution in [0.5, 0.6) is 5.75 Å². The molecule has 6 nitrogen and oxygen atoms in total. The third kappa shape index (κ3) is 4.42. The number of nitrogens with one attached hydrogen (secondary N) is 2. The maximum absolute atomic E-state index is 12.1. The lowest BCUT2D eigenvalue weighted by atomic mass is 10.2. The van der Waals surface area contributed by atoms with Crippen LogP contribution in [0.4, 0.5) is 18.9 Å². The van der Waals surface area contributed by atoms with Crippen molar-refractivity contribution in [2.24, 2.45) is 10.7 Å². The SMILES string of the molecule is N=C(N=C(N)N1CCC1)Nc1ccc(OC(F)(F)F)c(Cl)c1. The Morgan fingerprint density at radius 3 is 2.59 bits per heavy atom. The van der Waals surface area contributed by atoms with Crippen molar-refractivity contribution in [3.63, 3.8) is 0 Å². The van der Waals surface area contributed by atoms with Gasteiger partial charge in [-0.2, -0.15) is 4.99 Å². The van der Waals surface area contributed by atoms with Gasteiger partial charge in [0.15, 0.2) is 5.96 Å². The number of hydrogen-bond acceptors (Lipinski definition) is 2. The van der Waals surface area contributed by atoms with E-state index in [1.807, 2.05) is 0 Å². The van der Waals surface area contributed by atoms with Crippen molar-refractivity contribution >= 4 is 29.2 Å². The molecule has 10 heteroatoms. The number of alkyl halides is 3. The van der Waals surface area contributed by atoms with Gasteiger partial charge < -0.3 is 20.7 Å². The van der Waals surface area contributed by atoms with E-state index in [2.05, 4.69) is 15.0 Å². The molecule has 0 bridgehead atoms. The second-order valence-corrected chi connectivity index (χ2v) is 4.88. The Hall–Kier alpha value is -2.16. The summed E-state index contributed by atoms with van der Waals surface area (Å²) in [5, 5.41) is 9.99. The number of rotatable bonds is 2. The average Bonchev–Trinajstić information content (AvgIpc) is 2.28. The maximum atomic E-state index is 12.1. The van der Waals surface area contributed by atoms with Gasteiger partial charge in [-0.3, -0.25) is 5.41 Å². The second kappa shape index (κ2) is 6.30. The fraction of sp³-hybridized carbons (Fsp3) is 0.333. The van der Waals surface area contributed by atoms with Gasteiger partial charge >= 0.3 is 6.36 Å². The number of halogens is 4. The topological polar surface area (TPSA) is 86.7 Å². The van der Waals surface area contributed by atoms with Crippen LogP contribution >= 0.6 is 11.6 Å². The molecule has 1 aromatic rings. The maximum Gasteiger partial charge on any atom is 0.573 e. The van der Waals surface area contributed by atoms with Crippen molar-refractivity contribution in [1.82, 2.24) is 4.90 Å². The first-order valence-electron chi connectivity index (χ1n) is 6.24. The molecule has 0 aliphatic carbocycles. The summed E-state index contributed by atoms with van der Waals surface area (Å²) in [5.41, 5.74) is 5.98. The molecule has 0 amide bonds. The minimum Gasteiger partial charge on any atom is -0.404 e. The first kappa shape index (κ1) is 16.2. The van der Waals surface area contributed by atoms with Gasteiger partial charge in [0.1, 0.15) is 5.75 Å². The Labute approximate surface area is 129 Å². The highest BCUT2D eigenvalue weighted by molar-refractivity contribution is 6.32. The van der Waals surface area contributed by atoms with Crippen LogP contribution in [-0.4, -0.2) is 36.3 Å². The molecule has 120 valence electrons. The van der Waals surface area contributed by atoms with Gasteiger partial charge in [-0.1, -0.05) is 11.6 Å². The lowest BCUT2D eigenvalue weighted by molar-refractivity contribution is -0.274. The Morgan fingerprint density at radius 2 is 2.09 bits per heavy atom. The number of aliphatic imine (C=N–C) groups is 1. The number of hydrogen-bond donors (Lipinski definition) is 3. The highest BCUT2D eigenvalue weighted by Gasteiger charge is 2.32. The van der Waals surface area contributed by atoms with Crippen LogP contribution in [0.15, 0.2) is 23.2 Å². The first-order valence-corrected chi connectivity index (χ1v) is 6.62. The molecule has 22 heavy (non-hydrogen) atoms. The molecule has 0 spiro atoms. The highest BCUT2D eigenvalue weighted by atomic mass is 35.5. The zero-order valence-corrected chi connectivity index (χ0v) is 12.0. The third-order valence-electron chi connectivity index (χ3n) is 2.83. The normalized spacial score (nSPS) is 15.3. The number of likely N-dealkylation sites (tertiary alicyclic amines) is 1. The molecule has 0 saturated carbocycles. The van der Waals surface area contributed by atoms with Crippen LogP contribution in [-0.2, 0) is 0 Å². The lowest BCUT2D eigenvalue weighted by Crippen LogP contribution is -2.46. The van der Waals surface area contributed by atoms with Crippen LogP contribution in [0.2, 0.25) is 5.02 Å². The predicted octanol–water partition coefficient (Wildman–Crippen LogP) is 2.61. The van der Waals surface area contributed by atoms with E-state index in [0.29, 0.717) is 5.69 Å². The molecule has 1 aliphatic heterocycles. The number of benzene rings is 1. The first-order chi connectivity index (χ1) is 10.2. The molecule has 4 N–H and O–H groups in total. The van der Waals surface area contributed by atoms with E-state index in [4.69, 9.17) is 22.7 Å². The molecule has 1 saturated heterocycles. The van der Waals surface area contributed by atoms with Crippen molar-refractivity contribution in [3.05, 3.63) is 23.2 Å². The summed E-state index contributed by atoms with van der Waals surface area (Å²) in [6, 6.07) is 3.54. The van der Waals surface area contributed by atoms with Crippen molar-refractivity contribution in [2.75, 3.05) is 18.4 Å². The Morgan fingerprint density at radius 1 is 1.41 bits per heavy atom. The molecular weight excluding hydrogens is 323 g/mol. The molecule has 1 aliphatic rings. The van der Waals surface area contributed by atoms with Crippen molar-refractivity contribution in [2.45, 2.75) is 12.8 Å². The number of nitrogens with zero attached hydrogens (tertiary/aromatic N) is 2. The quantitative estimate of drug-likeness (QED) is 0.572. The minimum absolute atomic E-state index is 0.215. The Bertz CT molecular complexity index is 601. The molecule has 0 atom stereocenters. The van der Waals surface area contributed by atoms with Gasteiger partial charge in [-0.15, -0.1) is 13.2 Å². The van der Waals surface area contributed by atoms with Crippen LogP contribution < -0.4 is 15.8 Å². The zero-order chi connectivity index (χ0) is 16.3. The van der Waals surface area contributed by atoms with Gasteiger partial charge in [-0.25, -0.2) is 0 Å². The van der Waals surface area contributed by atoms with E-state index >= 15 is 0 Å². The number of ether oxygens (including phenoxy) is 1. The van der Waals surface area contributed by atoms with Crippen LogP contribution in [0.25, 0.3) is 0 Å². The Balaban J connectivity index is 2.01. The van der Waals surface area contributed by atoms with Crippen LogP contribution in [0.1, 0.15) is 6.42 Å². The number of anilines is 1. The lowest BCUT2D eigenvalue weighted by Gasteiger charge is -2.31. The van der Waals surface area contributed by atoms with Crippen molar-refractivity contribution < 1.29 is 17.9 Å². The van der Waals surface area contributed by atoms with Crippen molar-refractivity contribution in [1.29, 1.82) is 5.41 Å². The molecular formula is C12H13ClF3N5O. The summed E-state index contributed by atoms with van der Waals surface area (Å²) in [6.07, 6.45) is -3.80. The third-order valence-corrected chi connectivity index (χ3v) is 3.12. The van der Waals surface area contributed by atoms with E-state index in [0.717, 1.165) is 25.6 Å². The molecule has 1 fully saturated rings. The van der Waals surface area contributed by atoms with E-state index in [1.165, 1.54) is 12.1 Å². The molecule has 0 unspecified atom stereocenters. The fourth-order valence-corrected chi connectivity index (χ4v) is 1.90. The summed E-state index contributed by atoms with van der Waals surface area (Å²) in [7, 11) is 0. The molecule has 2 rings (SSSR count). The number of nitrogens with two attached hydrogens (primary N) is 1. The van der Waals surface area contributed by atoms with Crippen LogP contribution in [0.3, 0.4) is 0 Å². The van der Waals surface area contributed by atoms with Gasteiger partial charge in [0, 0.05) is 18.8 Å². The highest BCUT2D eigenvalue weighted by Crippen LogP contribution is 2.32. The number of guanidine groups is 2. The van der Waals surface area contributed by atoms with Gasteiger partial charge in [-0.05, 0) is 24.6 Å². The summed E-state index contributed by atoms with van der Waals surface area (Å²) >= 11 is 5.70. The molecule has 1 heterocycles. The molecule has 0 aromatic heterocycles. The largest absolute Gasteiger partial charge is 0.573 e. The van der Waals surface area contributed by atoms with E-state index < -0.39 is 12.1 Å². The summed E-state index contributed by atoms with van der Waals surface area (Å²) in [5.74, 6) is -0.549. The summed E-state index contributed by atoms with van der Waals surface area (Å²) in [4.78, 5) is 5.64. The average molecular weight is 336 g/mol. The standard InChI is InChI=1S/C12H13ClF3N5O/c13-8-6-7(2-3-9(8)22-12(14,15)16)19-10(17)20-11(18)21-4-1-5-21/h2-3,6H,1,4-5H2,(H4,17,18,19,20). The second-order valence-electron chi connectivity index (χ2n) is 4.48. The monoisotopic (exact) mass is 335 g/mol. The zero-order valence-electron chi connectivity index (χ0n) is 11.2. The van der Waals surface area contributed by atoms with Gasteiger partial charge in [0.25, 0.3) is 0 Å². The molecule has 0 radical (unpaired) electrons. The van der Waals surface area contributed by atoms with Gasteiger partial charge in [0.05, 0.1) is 5.02 Å². The van der Waals surface area contributed by atoms with Crippen molar-refractivity contribution in [3.8, 4) is 5.75 Å². The van der Waals surface area contributed by atoms with E-state index in [1.54, 1.807) is 4.90 Å². The van der Waals surface area contributed by atoms with E-state index in [9.17, 15) is 13.2 Å². The predicted molar refractivity (Wildman–Crippen MR) is 77.3 cm³/mol.